The number of halogens is 1. The monoisotopic (exact) mass is 210 g/mol. The fourth-order valence-electron chi connectivity index (χ4n) is 1.09. The molecule has 0 aliphatic heterocycles. The lowest BCUT2D eigenvalue weighted by molar-refractivity contribution is 1.15. The molecule has 0 atom stereocenters. The zero-order chi connectivity index (χ0) is 7.84. The van der Waals surface area contributed by atoms with E-state index in [2.05, 4.69) is 27.0 Å². The minimum atomic E-state index is 1.06. The van der Waals surface area contributed by atoms with Gasteiger partial charge in [0.05, 0.1) is 17.5 Å². The molecule has 2 rings (SSSR count). The lowest BCUT2D eigenvalue weighted by atomic mass is 10.3. The van der Waals surface area contributed by atoms with Gasteiger partial charge >= 0.3 is 0 Å². The highest BCUT2D eigenvalue weighted by molar-refractivity contribution is 9.10. The summed E-state index contributed by atoms with van der Waals surface area (Å²) in [5.41, 5.74) is 2.21. The van der Waals surface area contributed by atoms with E-state index in [-0.39, 0.29) is 0 Å². The summed E-state index contributed by atoms with van der Waals surface area (Å²) < 4.78 is 3.09. The van der Waals surface area contributed by atoms with Crippen LogP contribution in [0.5, 0.6) is 0 Å². The summed E-state index contributed by atoms with van der Waals surface area (Å²) in [5.74, 6) is 0. The number of hydrogen-bond acceptors (Lipinski definition) is 1. The fraction of sp³-hybridized carbons (Fsp3) is 0.125. The van der Waals surface area contributed by atoms with Gasteiger partial charge in [0.2, 0.25) is 0 Å². The predicted molar refractivity (Wildman–Crippen MR) is 47.6 cm³/mol. The van der Waals surface area contributed by atoms with E-state index in [0.717, 1.165) is 15.7 Å². The second-order valence-electron chi connectivity index (χ2n) is 2.47. The minimum Gasteiger partial charge on any atom is -0.306 e. The van der Waals surface area contributed by atoms with E-state index in [4.69, 9.17) is 0 Å². The first-order chi connectivity index (χ1) is 5.27. The third-order valence-corrected chi connectivity index (χ3v) is 2.19. The standard InChI is InChI=1S/C8H7BrN2/c1-6-8-4-7(9)2-3-11(8)5-10-6/h2-5H,1H3. The zero-order valence-corrected chi connectivity index (χ0v) is 7.67. The van der Waals surface area contributed by atoms with E-state index in [0.29, 0.717) is 0 Å². The van der Waals surface area contributed by atoms with Crippen LogP contribution >= 0.6 is 15.9 Å². The average molecular weight is 211 g/mol. The maximum Gasteiger partial charge on any atom is 0.0995 e. The van der Waals surface area contributed by atoms with Gasteiger partial charge in [-0.15, -0.1) is 0 Å². The molecule has 2 aromatic heterocycles. The normalized spacial score (nSPS) is 10.7. The molecule has 0 aromatic carbocycles. The zero-order valence-electron chi connectivity index (χ0n) is 6.08. The number of fused-ring (bicyclic) bond motifs is 1. The first kappa shape index (κ1) is 6.85. The Bertz CT molecular complexity index is 392. The Balaban J connectivity index is 2.87. The summed E-state index contributed by atoms with van der Waals surface area (Å²) in [6.45, 7) is 2.00. The summed E-state index contributed by atoms with van der Waals surface area (Å²) in [4.78, 5) is 4.18. The summed E-state index contributed by atoms with van der Waals surface area (Å²) >= 11 is 3.41. The second-order valence-corrected chi connectivity index (χ2v) is 3.38. The lowest BCUT2D eigenvalue weighted by Gasteiger charge is -1.93. The summed E-state index contributed by atoms with van der Waals surface area (Å²) in [5, 5.41) is 0. The van der Waals surface area contributed by atoms with Crippen LogP contribution in [0.1, 0.15) is 5.69 Å². The predicted octanol–water partition coefficient (Wildman–Crippen LogP) is 2.41. The van der Waals surface area contributed by atoms with Crippen LogP contribution in [0, 0.1) is 6.92 Å². The number of rotatable bonds is 0. The highest BCUT2D eigenvalue weighted by atomic mass is 79.9. The largest absolute Gasteiger partial charge is 0.306 e. The number of pyridine rings is 1. The van der Waals surface area contributed by atoms with Crippen molar-refractivity contribution in [3.8, 4) is 0 Å². The van der Waals surface area contributed by atoms with E-state index in [1.54, 1.807) is 0 Å². The molecule has 2 nitrogen and oxygen atoms in total. The Morgan fingerprint density at radius 3 is 3.18 bits per heavy atom. The van der Waals surface area contributed by atoms with E-state index < -0.39 is 0 Å². The van der Waals surface area contributed by atoms with Gasteiger partial charge in [0, 0.05) is 10.7 Å². The van der Waals surface area contributed by atoms with Crippen molar-refractivity contribution in [2.75, 3.05) is 0 Å². The second kappa shape index (κ2) is 2.34. The SMILES string of the molecule is Cc1ncn2ccc(Br)cc12. The molecular weight excluding hydrogens is 204 g/mol. The van der Waals surface area contributed by atoms with E-state index in [9.17, 15) is 0 Å². The highest BCUT2D eigenvalue weighted by Gasteiger charge is 1.97. The summed E-state index contributed by atoms with van der Waals surface area (Å²) in [7, 11) is 0. The fourth-order valence-corrected chi connectivity index (χ4v) is 1.43. The van der Waals surface area contributed by atoms with E-state index >= 15 is 0 Å². The molecule has 0 aliphatic rings. The van der Waals surface area contributed by atoms with Crippen LogP contribution in [0.4, 0.5) is 0 Å². The first-order valence-corrected chi connectivity index (χ1v) is 4.15. The Morgan fingerprint density at radius 1 is 1.55 bits per heavy atom. The maximum absolute atomic E-state index is 4.18. The molecule has 11 heavy (non-hydrogen) atoms. The summed E-state index contributed by atoms with van der Waals surface area (Å²) in [6, 6.07) is 4.05. The highest BCUT2D eigenvalue weighted by Crippen LogP contribution is 2.14. The van der Waals surface area contributed by atoms with Crippen molar-refractivity contribution in [2.24, 2.45) is 0 Å². The van der Waals surface area contributed by atoms with Crippen LogP contribution in [0.2, 0.25) is 0 Å². The van der Waals surface area contributed by atoms with Crippen molar-refractivity contribution in [2.45, 2.75) is 6.92 Å². The third-order valence-electron chi connectivity index (χ3n) is 1.69. The van der Waals surface area contributed by atoms with Gasteiger partial charge < -0.3 is 4.40 Å². The van der Waals surface area contributed by atoms with Crippen LogP contribution in [0.3, 0.4) is 0 Å². The molecule has 0 radical (unpaired) electrons. The molecule has 0 N–H and O–H groups in total. The van der Waals surface area contributed by atoms with Gasteiger partial charge in [-0.2, -0.15) is 0 Å². The van der Waals surface area contributed by atoms with Crippen molar-refractivity contribution in [1.82, 2.24) is 9.38 Å². The Labute approximate surface area is 73.0 Å². The molecule has 0 spiro atoms. The Hall–Kier alpha value is -0.830. The van der Waals surface area contributed by atoms with Gasteiger partial charge in [-0.05, 0) is 19.1 Å². The Morgan fingerprint density at radius 2 is 2.36 bits per heavy atom. The average Bonchev–Trinajstić information content (AvgIpc) is 2.33. The van der Waals surface area contributed by atoms with E-state index in [1.165, 1.54) is 0 Å². The molecule has 0 amide bonds. The van der Waals surface area contributed by atoms with Crippen molar-refractivity contribution in [3.05, 3.63) is 34.8 Å². The van der Waals surface area contributed by atoms with Crippen LogP contribution < -0.4 is 0 Å². The molecule has 2 aromatic rings. The molecule has 0 fully saturated rings. The topological polar surface area (TPSA) is 17.3 Å². The van der Waals surface area contributed by atoms with Gasteiger partial charge in [0.1, 0.15) is 0 Å². The number of aryl methyl sites for hydroxylation is 1. The number of imidazole rings is 1. The molecular formula is C8H7BrN2. The molecule has 0 aliphatic carbocycles. The van der Waals surface area contributed by atoms with Crippen LogP contribution in [-0.2, 0) is 0 Å². The lowest BCUT2D eigenvalue weighted by Crippen LogP contribution is -1.80. The molecule has 56 valence electrons. The van der Waals surface area contributed by atoms with Crippen molar-refractivity contribution < 1.29 is 0 Å². The molecule has 0 unspecified atom stereocenters. The van der Waals surface area contributed by atoms with Gasteiger partial charge in [-0.1, -0.05) is 15.9 Å². The van der Waals surface area contributed by atoms with Crippen LogP contribution in [-0.4, -0.2) is 9.38 Å². The Kier molecular flexibility index (Phi) is 1.46. The third kappa shape index (κ3) is 1.05. The summed E-state index contributed by atoms with van der Waals surface area (Å²) in [6.07, 6.45) is 3.80. The smallest absolute Gasteiger partial charge is 0.0995 e. The number of aromatic nitrogens is 2. The van der Waals surface area contributed by atoms with Gasteiger partial charge in [-0.3, -0.25) is 0 Å². The van der Waals surface area contributed by atoms with Crippen molar-refractivity contribution in [1.29, 1.82) is 0 Å². The number of nitrogens with zero attached hydrogens (tertiary/aromatic N) is 2. The molecule has 3 heteroatoms. The van der Waals surface area contributed by atoms with Crippen molar-refractivity contribution in [3.63, 3.8) is 0 Å². The molecule has 0 saturated carbocycles. The minimum absolute atomic E-state index is 1.06. The quantitative estimate of drug-likeness (QED) is 0.653. The van der Waals surface area contributed by atoms with Crippen LogP contribution in [0.25, 0.3) is 5.52 Å². The van der Waals surface area contributed by atoms with Gasteiger partial charge in [0.15, 0.2) is 0 Å². The number of hydrogen-bond donors (Lipinski definition) is 0. The molecule has 2 heterocycles. The van der Waals surface area contributed by atoms with Gasteiger partial charge in [0.25, 0.3) is 0 Å². The molecule has 0 saturated heterocycles. The van der Waals surface area contributed by atoms with Crippen molar-refractivity contribution >= 4 is 21.4 Å². The van der Waals surface area contributed by atoms with E-state index in [1.807, 2.05) is 29.9 Å². The van der Waals surface area contributed by atoms with Gasteiger partial charge in [-0.25, -0.2) is 4.98 Å². The first-order valence-electron chi connectivity index (χ1n) is 3.36. The maximum atomic E-state index is 4.18. The van der Waals surface area contributed by atoms with Crippen LogP contribution in [0.15, 0.2) is 29.1 Å². The molecule has 0 bridgehead atoms.